The summed E-state index contributed by atoms with van der Waals surface area (Å²) in [4.78, 5) is 9.27. The summed E-state index contributed by atoms with van der Waals surface area (Å²) in [6, 6.07) is 10.4. The predicted molar refractivity (Wildman–Crippen MR) is 107 cm³/mol. The first-order chi connectivity index (χ1) is 12.7. The van der Waals surface area contributed by atoms with E-state index in [-0.39, 0.29) is 0 Å². The van der Waals surface area contributed by atoms with Crippen LogP contribution in [0.3, 0.4) is 0 Å². The van der Waals surface area contributed by atoms with Crippen molar-refractivity contribution < 1.29 is 0 Å². The zero-order chi connectivity index (χ0) is 18.2. The molecule has 0 aliphatic carbocycles. The fourth-order valence-corrected chi connectivity index (χ4v) is 2.85. The van der Waals surface area contributed by atoms with Crippen molar-refractivity contribution in [2.45, 2.75) is 13.8 Å². The number of aromatic nitrogens is 3. The van der Waals surface area contributed by atoms with E-state index in [1.54, 1.807) is 6.20 Å². The van der Waals surface area contributed by atoms with Crippen molar-refractivity contribution in [1.29, 1.82) is 0 Å². The van der Waals surface area contributed by atoms with Crippen LogP contribution in [-0.2, 0) is 0 Å². The molecule has 1 N–H and O–H groups in total. The number of benzene rings is 1. The second kappa shape index (κ2) is 9.29. The normalized spacial score (nSPS) is 15.7. The number of hydrogen-bond acceptors (Lipinski definition) is 6. The molecular weight excluding hydrogens is 324 g/mol. The molecule has 0 saturated carbocycles. The minimum atomic E-state index is 0.570. The van der Waals surface area contributed by atoms with Gasteiger partial charge in [0.1, 0.15) is 0 Å². The van der Waals surface area contributed by atoms with Crippen molar-refractivity contribution in [2.24, 2.45) is 5.92 Å². The fourth-order valence-electron chi connectivity index (χ4n) is 2.85. The quantitative estimate of drug-likeness (QED) is 0.827. The Kier molecular flexibility index (Phi) is 6.55. The lowest BCUT2D eigenvalue weighted by atomic mass is 10.2. The molecule has 0 atom stereocenters. The van der Waals surface area contributed by atoms with Crippen LogP contribution >= 0.6 is 0 Å². The van der Waals surface area contributed by atoms with Crippen molar-refractivity contribution >= 4 is 17.8 Å². The van der Waals surface area contributed by atoms with Crippen LogP contribution in [0.4, 0.5) is 11.8 Å². The molecule has 0 spiro atoms. The largest absolute Gasteiger partial charge is 0.368 e. The molecule has 2 heterocycles. The molecule has 1 aromatic heterocycles. The Labute approximate surface area is 156 Å². The van der Waals surface area contributed by atoms with Crippen LogP contribution in [0.2, 0.25) is 0 Å². The number of hydrogen-bond donors (Lipinski definition) is 1. The zero-order valence-corrected chi connectivity index (χ0v) is 15.7. The number of nitrogens with one attached hydrogen (secondary N) is 1. The monoisotopic (exact) mass is 352 g/mol. The molecular formula is C20H28N6. The molecule has 0 unspecified atom stereocenters. The van der Waals surface area contributed by atoms with E-state index in [9.17, 15) is 0 Å². The highest BCUT2D eigenvalue weighted by Gasteiger charge is 2.18. The third kappa shape index (κ3) is 5.52. The van der Waals surface area contributed by atoms with E-state index >= 15 is 0 Å². The Balaban J connectivity index is 1.47. The lowest BCUT2D eigenvalue weighted by molar-refractivity contribution is 0.282. The van der Waals surface area contributed by atoms with Gasteiger partial charge in [-0.3, -0.25) is 4.90 Å². The van der Waals surface area contributed by atoms with Gasteiger partial charge in [0.05, 0.1) is 6.20 Å². The van der Waals surface area contributed by atoms with E-state index in [1.807, 2.05) is 6.07 Å². The highest BCUT2D eigenvalue weighted by atomic mass is 15.4. The molecule has 0 radical (unpaired) electrons. The Hall–Kier alpha value is -2.47. The summed E-state index contributed by atoms with van der Waals surface area (Å²) < 4.78 is 0. The molecule has 1 aromatic carbocycles. The first-order valence-corrected chi connectivity index (χ1v) is 9.33. The number of nitrogens with zero attached hydrogens (tertiary/aromatic N) is 5. The summed E-state index contributed by atoms with van der Waals surface area (Å²) in [5.74, 6) is 2.09. The van der Waals surface area contributed by atoms with E-state index in [0.717, 1.165) is 51.0 Å². The minimum Gasteiger partial charge on any atom is -0.368 e. The molecule has 1 fully saturated rings. The van der Waals surface area contributed by atoms with E-state index in [1.165, 1.54) is 5.56 Å². The summed E-state index contributed by atoms with van der Waals surface area (Å²) in [7, 11) is 0. The van der Waals surface area contributed by atoms with Gasteiger partial charge in [0.15, 0.2) is 5.82 Å². The Morgan fingerprint density at radius 2 is 1.88 bits per heavy atom. The first kappa shape index (κ1) is 18.3. The SMILES string of the molecule is CC(C)CNc1cnnc(N2CCN(C/C=C/c3ccccc3)CC2)n1. The average Bonchev–Trinajstić information content (AvgIpc) is 2.68. The van der Waals surface area contributed by atoms with Gasteiger partial charge in [0, 0.05) is 39.3 Å². The number of rotatable bonds is 7. The summed E-state index contributed by atoms with van der Waals surface area (Å²) >= 11 is 0. The number of anilines is 2. The maximum Gasteiger partial charge on any atom is 0.247 e. The highest BCUT2D eigenvalue weighted by Crippen LogP contribution is 2.13. The van der Waals surface area contributed by atoms with Crippen molar-refractivity contribution in [2.75, 3.05) is 49.5 Å². The van der Waals surface area contributed by atoms with E-state index in [2.05, 4.69) is 80.6 Å². The highest BCUT2D eigenvalue weighted by molar-refractivity contribution is 5.48. The summed E-state index contributed by atoms with van der Waals surface area (Å²) in [5, 5.41) is 11.6. The van der Waals surface area contributed by atoms with Gasteiger partial charge in [-0.2, -0.15) is 10.1 Å². The van der Waals surface area contributed by atoms with E-state index < -0.39 is 0 Å². The van der Waals surface area contributed by atoms with Crippen LogP contribution in [0.1, 0.15) is 19.4 Å². The Bertz CT molecular complexity index is 692. The topological polar surface area (TPSA) is 57.2 Å². The molecule has 1 aliphatic rings. The molecule has 0 amide bonds. The molecule has 6 heteroatoms. The molecule has 138 valence electrons. The summed E-state index contributed by atoms with van der Waals surface area (Å²) in [5.41, 5.74) is 1.25. The minimum absolute atomic E-state index is 0.570. The first-order valence-electron chi connectivity index (χ1n) is 9.33. The van der Waals surface area contributed by atoms with Gasteiger partial charge in [0.25, 0.3) is 0 Å². The standard InChI is InChI=1S/C20H28N6/c1-17(2)15-21-19-16-22-24-20(23-19)26-13-11-25(12-14-26)10-6-9-18-7-4-3-5-8-18/h3-9,16-17H,10-15H2,1-2H3,(H,21,23,24)/b9-6+. The lowest BCUT2D eigenvalue weighted by Gasteiger charge is -2.33. The number of piperazine rings is 1. The van der Waals surface area contributed by atoms with Crippen LogP contribution in [0.25, 0.3) is 6.08 Å². The van der Waals surface area contributed by atoms with Crippen LogP contribution in [0.15, 0.2) is 42.6 Å². The molecule has 6 nitrogen and oxygen atoms in total. The van der Waals surface area contributed by atoms with Crippen LogP contribution in [-0.4, -0.2) is 59.3 Å². The third-order valence-corrected chi connectivity index (χ3v) is 4.37. The van der Waals surface area contributed by atoms with Gasteiger partial charge in [-0.25, -0.2) is 0 Å². The van der Waals surface area contributed by atoms with Crippen molar-refractivity contribution in [3.05, 3.63) is 48.2 Å². The van der Waals surface area contributed by atoms with Crippen LogP contribution < -0.4 is 10.2 Å². The lowest BCUT2D eigenvalue weighted by Crippen LogP contribution is -2.47. The second-order valence-corrected chi connectivity index (χ2v) is 7.02. The van der Waals surface area contributed by atoms with Gasteiger partial charge in [-0.1, -0.05) is 56.3 Å². The Morgan fingerprint density at radius 1 is 1.12 bits per heavy atom. The molecule has 0 bridgehead atoms. The van der Waals surface area contributed by atoms with Crippen LogP contribution in [0.5, 0.6) is 0 Å². The smallest absolute Gasteiger partial charge is 0.247 e. The average molecular weight is 352 g/mol. The zero-order valence-electron chi connectivity index (χ0n) is 15.7. The molecule has 1 saturated heterocycles. The van der Waals surface area contributed by atoms with E-state index in [4.69, 9.17) is 0 Å². The van der Waals surface area contributed by atoms with Gasteiger partial charge in [-0.05, 0) is 11.5 Å². The second-order valence-electron chi connectivity index (χ2n) is 7.02. The molecule has 2 aromatic rings. The fraction of sp³-hybridized carbons (Fsp3) is 0.450. The summed E-state index contributed by atoms with van der Waals surface area (Å²) in [6.45, 7) is 10.1. The maximum absolute atomic E-state index is 4.60. The van der Waals surface area contributed by atoms with Gasteiger partial charge < -0.3 is 10.2 Å². The van der Waals surface area contributed by atoms with Crippen molar-refractivity contribution in [3.8, 4) is 0 Å². The van der Waals surface area contributed by atoms with E-state index in [0.29, 0.717) is 5.92 Å². The summed E-state index contributed by atoms with van der Waals surface area (Å²) in [6.07, 6.45) is 6.11. The molecule has 3 rings (SSSR count). The maximum atomic E-state index is 4.60. The van der Waals surface area contributed by atoms with Gasteiger partial charge >= 0.3 is 0 Å². The van der Waals surface area contributed by atoms with Crippen molar-refractivity contribution in [3.63, 3.8) is 0 Å². The van der Waals surface area contributed by atoms with Crippen LogP contribution in [0, 0.1) is 5.92 Å². The molecule has 26 heavy (non-hydrogen) atoms. The predicted octanol–water partition coefficient (Wildman–Crippen LogP) is 2.77. The van der Waals surface area contributed by atoms with Gasteiger partial charge in [0.2, 0.25) is 5.95 Å². The molecule has 1 aliphatic heterocycles. The van der Waals surface area contributed by atoms with Crippen molar-refractivity contribution in [1.82, 2.24) is 20.1 Å². The Morgan fingerprint density at radius 3 is 2.62 bits per heavy atom. The van der Waals surface area contributed by atoms with Gasteiger partial charge in [-0.15, -0.1) is 5.10 Å². The third-order valence-electron chi connectivity index (χ3n) is 4.37.